The van der Waals surface area contributed by atoms with E-state index in [2.05, 4.69) is 0 Å². The number of ether oxygens (including phenoxy) is 2. The molecule has 2 aliphatic rings. The third-order valence-corrected chi connectivity index (χ3v) is 4.32. The molecule has 2 heterocycles. The normalized spacial score (nSPS) is 21.2. The number of fused-ring (bicyclic) bond motifs is 2. The van der Waals surface area contributed by atoms with Gasteiger partial charge in [0.25, 0.3) is 5.91 Å². The number of hydrogen-bond donors (Lipinski definition) is 1. The number of amides is 1. The van der Waals surface area contributed by atoms with E-state index in [0.717, 1.165) is 0 Å². The summed E-state index contributed by atoms with van der Waals surface area (Å²) in [4.78, 5) is 25.8. The molecule has 1 N–H and O–H groups in total. The standard InChI is InChI=1S/C18H15NO5/c20-17(16-10-23-14-7-3-4-8-15(14)24-16)19-9-12(18(21)22)11-5-1-2-6-13(11)19/h1-8,12,16H,9-10H2,(H,21,22). The van der Waals surface area contributed by atoms with E-state index in [-0.39, 0.29) is 19.1 Å². The Balaban J connectivity index is 1.61. The van der Waals surface area contributed by atoms with Crippen LogP contribution in [0.5, 0.6) is 11.5 Å². The number of aliphatic carboxylic acids is 1. The predicted molar refractivity (Wildman–Crippen MR) is 85.5 cm³/mol. The fourth-order valence-corrected chi connectivity index (χ4v) is 3.14. The second-order valence-electron chi connectivity index (χ2n) is 5.76. The van der Waals surface area contributed by atoms with Crippen LogP contribution in [0.1, 0.15) is 11.5 Å². The first-order chi connectivity index (χ1) is 11.6. The number of carbonyl (C=O) groups is 2. The van der Waals surface area contributed by atoms with Crippen LogP contribution in [0.4, 0.5) is 5.69 Å². The van der Waals surface area contributed by atoms with Gasteiger partial charge in [-0.2, -0.15) is 0 Å². The average molecular weight is 325 g/mol. The van der Waals surface area contributed by atoms with Crippen LogP contribution >= 0.6 is 0 Å². The lowest BCUT2D eigenvalue weighted by Gasteiger charge is -2.29. The van der Waals surface area contributed by atoms with E-state index in [1.807, 2.05) is 6.07 Å². The number of benzene rings is 2. The van der Waals surface area contributed by atoms with E-state index >= 15 is 0 Å². The van der Waals surface area contributed by atoms with E-state index in [1.54, 1.807) is 42.5 Å². The molecule has 6 nitrogen and oxygen atoms in total. The Hall–Kier alpha value is -3.02. The van der Waals surface area contributed by atoms with E-state index in [9.17, 15) is 14.7 Å². The molecule has 0 saturated heterocycles. The Morgan fingerprint density at radius 3 is 2.54 bits per heavy atom. The van der Waals surface area contributed by atoms with Gasteiger partial charge in [0, 0.05) is 12.2 Å². The van der Waals surface area contributed by atoms with Gasteiger partial charge in [0.15, 0.2) is 11.5 Å². The maximum Gasteiger partial charge on any atom is 0.312 e. The molecule has 24 heavy (non-hydrogen) atoms. The van der Waals surface area contributed by atoms with Crippen molar-refractivity contribution in [1.82, 2.24) is 0 Å². The highest BCUT2D eigenvalue weighted by molar-refractivity contribution is 6.01. The Bertz CT molecular complexity index is 819. The molecular weight excluding hydrogens is 310 g/mol. The van der Waals surface area contributed by atoms with Gasteiger partial charge in [-0.1, -0.05) is 30.3 Å². The molecule has 0 aromatic heterocycles. The van der Waals surface area contributed by atoms with Gasteiger partial charge in [-0.05, 0) is 23.8 Å². The van der Waals surface area contributed by atoms with Crippen molar-refractivity contribution >= 4 is 17.6 Å². The lowest BCUT2D eigenvalue weighted by atomic mass is 10.0. The molecule has 2 atom stereocenters. The second-order valence-corrected chi connectivity index (χ2v) is 5.76. The van der Waals surface area contributed by atoms with Gasteiger partial charge in [0.05, 0.1) is 0 Å². The summed E-state index contributed by atoms with van der Waals surface area (Å²) < 4.78 is 11.3. The number of para-hydroxylation sites is 3. The number of rotatable bonds is 2. The molecule has 0 saturated carbocycles. The molecule has 4 rings (SSSR count). The molecule has 1 amide bonds. The lowest BCUT2D eigenvalue weighted by Crippen LogP contribution is -2.46. The minimum atomic E-state index is -0.941. The van der Waals surface area contributed by atoms with E-state index in [1.165, 1.54) is 4.90 Å². The van der Waals surface area contributed by atoms with E-state index in [0.29, 0.717) is 22.7 Å². The first-order valence-electron chi connectivity index (χ1n) is 7.67. The van der Waals surface area contributed by atoms with Gasteiger partial charge in [0.1, 0.15) is 12.5 Å². The molecule has 0 aliphatic carbocycles. The SMILES string of the molecule is O=C(O)C1CN(C(=O)C2COc3ccccc3O2)c2ccccc21. The van der Waals surface area contributed by atoms with Crippen molar-refractivity contribution < 1.29 is 24.2 Å². The summed E-state index contributed by atoms with van der Waals surface area (Å²) in [6.45, 7) is 0.210. The monoisotopic (exact) mass is 325 g/mol. The summed E-state index contributed by atoms with van der Waals surface area (Å²) in [6.07, 6.45) is -0.791. The molecule has 2 aromatic rings. The van der Waals surface area contributed by atoms with Crippen LogP contribution in [-0.2, 0) is 9.59 Å². The van der Waals surface area contributed by atoms with E-state index in [4.69, 9.17) is 9.47 Å². The zero-order valence-corrected chi connectivity index (χ0v) is 12.7. The van der Waals surface area contributed by atoms with Gasteiger partial charge in [-0.25, -0.2) is 0 Å². The summed E-state index contributed by atoms with van der Waals surface area (Å²) in [7, 11) is 0. The molecule has 0 bridgehead atoms. The Kier molecular flexibility index (Phi) is 3.37. The Morgan fingerprint density at radius 2 is 1.75 bits per heavy atom. The van der Waals surface area contributed by atoms with Crippen LogP contribution in [-0.4, -0.2) is 36.2 Å². The minimum Gasteiger partial charge on any atom is -0.485 e. The van der Waals surface area contributed by atoms with Crippen molar-refractivity contribution in [1.29, 1.82) is 0 Å². The van der Waals surface area contributed by atoms with Crippen LogP contribution in [0, 0.1) is 0 Å². The molecule has 2 aliphatic heterocycles. The maximum absolute atomic E-state index is 12.9. The fraction of sp³-hybridized carbons (Fsp3) is 0.222. The van der Waals surface area contributed by atoms with Gasteiger partial charge < -0.3 is 19.5 Å². The summed E-state index contributed by atoms with van der Waals surface area (Å²) in [5, 5.41) is 9.41. The van der Waals surface area contributed by atoms with Gasteiger partial charge in [-0.3, -0.25) is 9.59 Å². The van der Waals surface area contributed by atoms with Gasteiger partial charge in [-0.15, -0.1) is 0 Å². The smallest absolute Gasteiger partial charge is 0.312 e. The summed E-state index contributed by atoms with van der Waals surface area (Å²) in [5.74, 6) is -0.831. The van der Waals surface area contributed by atoms with Crippen LogP contribution in [0.2, 0.25) is 0 Å². The number of carboxylic acid groups (broad SMARTS) is 1. The highest BCUT2D eigenvalue weighted by Crippen LogP contribution is 2.38. The first-order valence-corrected chi connectivity index (χ1v) is 7.67. The molecule has 6 heteroatoms. The summed E-state index contributed by atoms with van der Waals surface area (Å²) in [5.41, 5.74) is 1.27. The van der Waals surface area contributed by atoms with Crippen molar-refractivity contribution in [2.24, 2.45) is 0 Å². The first kappa shape index (κ1) is 14.6. The third-order valence-electron chi connectivity index (χ3n) is 4.32. The van der Waals surface area contributed by atoms with Crippen molar-refractivity contribution in [2.45, 2.75) is 12.0 Å². The van der Waals surface area contributed by atoms with Crippen molar-refractivity contribution in [2.75, 3.05) is 18.1 Å². The average Bonchev–Trinajstić information content (AvgIpc) is 3.00. The molecular formula is C18H15NO5. The van der Waals surface area contributed by atoms with Crippen molar-refractivity contribution in [3.63, 3.8) is 0 Å². The minimum absolute atomic E-state index is 0.103. The quantitative estimate of drug-likeness (QED) is 0.914. The third kappa shape index (κ3) is 2.27. The summed E-state index contributed by atoms with van der Waals surface area (Å²) >= 11 is 0. The van der Waals surface area contributed by atoms with Crippen LogP contribution in [0.3, 0.4) is 0 Å². The maximum atomic E-state index is 12.9. The van der Waals surface area contributed by atoms with Crippen molar-refractivity contribution in [3.05, 3.63) is 54.1 Å². The highest BCUT2D eigenvalue weighted by atomic mass is 16.6. The lowest BCUT2D eigenvalue weighted by molar-refractivity contribution is -0.138. The number of hydrogen-bond acceptors (Lipinski definition) is 4. The summed E-state index contributed by atoms with van der Waals surface area (Å²) in [6, 6.07) is 14.2. The van der Waals surface area contributed by atoms with Crippen molar-refractivity contribution in [3.8, 4) is 11.5 Å². The van der Waals surface area contributed by atoms with Crippen LogP contribution < -0.4 is 14.4 Å². The largest absolute Gasteiger partial charge is 0.485 e. The van der Waals surface area contributed by atoms with E-state index < -0.39 is 18.0 Å². The molecule has 122 valence electrons. The second kappa shape index (κ2) is 5.56. The zero-order chi connectivity index (χ0) is 16.7. The topological polar surface area (TPSA) is 76.1 Å². The fourth-order valence-electron chi connectivity index (χ4n) is 3.14. The number of carboxylic acids is 1. The molecule has 2 unspecified atom stereocenters. The van der Waals surface area contributed by atoms with Gasteiger partial charge in [0.2, 0.25) is 6.10 Å². The number of nitrogens with zero attached hydrogens (tertiary/aromatic N) is 1. The number of anilines is 1. The van der Waals surface area contributed by atoms with Crippen LogP contribution in [0.25, 0.3) is 0 Å². The molecule has 0 radical (unpaired) electrons. The predicted octanol–water partition coefficient (Wildman–Crippen LogP) is 2.04. The van der Waals surface area contributed by atoms with Crippen LogP contribution in [0.15, 0.2) is 48.5 Å². The van der Waals surface area contributed by atoms with Gasteiger partial charge >= 0.3 is 5.97 Å². The molecule has 2 aromatic carbocycles. The molecule has 0 spiro atoms. The number of carbonyl (C=O) groups excluding carboxylic acids is 1. The Labute approximate surface area is 138 Å². The highest BCUT2D eigenvalue weighted by Gasteiger charge is 2.40. The Morgan fingerprint density at radius 1 is 1.04 bits per heavy atom. The molecule has 0 fully saturated rings. The zero-order valence-electron chi connectivity index (χ0n) is 12.7.